The molecule has 0 amide bonds. The molecule has 0 bridgehead atoms. The Balaban J connectivity index is 1.64. The molecule has 3 fully saturated rings. The number of allylic oxidation sites excluding steroid dienone is 1. The van der Waals surface area contributed by atoms with Crippen molar-refractivity contribution in [2.24, 2.45) is 17.3 Å². The Morgan fingerprint density at radius 1 is 1.31 bits per heavy atom. The molecule has 1 aliphatic heterocycles. The van der Waals surface area contributed by atoms with E-state index < -0.39 is 5.60 Å². The maximum atomic E-state index is 13.1. The van der Waals surface area contributed by atoms with E-state index in [1.807, 2.05) is 13.8 Å². The summed E-state index contributed by atoms with van der Waals surface area (Å²) in [6.07, 6.45) is 6.49. The SMILES string of the molecule is C=C1CCC2OC2(C)CCC2C1CC2(C)C(=O)CCC(C)(C)OC(C)=O. The molecular formula is C22H34O4. The third kappa shape index (κ3) is 3.62. The highest BCUT2D eigenvalue weighted by atomic mass is 16.6. The van der Waals surface area contributed by atoms with Crippen molar-refractivity contribution in [2.75, 3.05) is 0 Å². The Kier molecular flexibility index (Phi) is 4.88. The second kappa shape index (κ2) is 6.47. The summed E-state index contributed by atoms with van der Waals surface area (Å²) in [5.41, 5.74) is 0.461. The van der Waals surface area contributed by atoms with Crippen molar-refractivity contribution in [3.63, 3.8) is 0 Å². The predicted molar refractivity (Wildman–Crippen MR) is 101 cm³/mol. The third-order valence-corrected chi connectivity index (χ3v) is 7.20. The minimum Gasteiger partial charge on any atom is -0.460 e. The van der Waals surface area contributed by atoms with E-state index in [1.54, 1.807) is 0 Å². The zero-order valence-electron chi connectivity index (χ0n) is 17.0. The van der Waals surface area contributed by atoms with Gasteiger partial charge in [0.2, 0.25) is 0 Å². The van der Waals surface area contributed by atoms with Gasteiger partial charge >= 0.3 is 5.97 Å². The van der Waals surface area contributed by atoms with Gasteiger partial charge < -0.3 is 9.47 Å². The molecule has 3 aliphatic rings. The normalized spacial score (nSPS) is 39.4. The van der Waals surface area contributed by atoms with Crippen LogP contribution in [0.5, 0.6) is 0 Å². The maximum absolute atomic E-state index is 13.1. The van der Waals surface area contributed by atoms with Gasteiger partial charge in [0, 0.05) is 18.8 Å². The fourth-order valence-corrected chi connectivity index (χ4v) is 5.26. The predicted octanol–water partition coefficient (Wildman–Crippen LogP) is 4.61. The van der Waals surface area contributed by atoms with E-state index in [4.69, 9.17) is 9.47 Å². The summed E-state index contributed by atoms with van der Waals surface area (Å²) in [6.45, 7) is 13.8. The van der Waals surface area contributed by atoms with Crippen LogP contribution in [-0.4, -0.2) is 29.1 Å². The van der Waals surface area contributed by atoms with Crippen molar-refractivity contribution < 1.29 is 19.1 Å². The van der Waals surface area contributed by atoms with Crippen LogP contribution in [0.3, 0.4) is 0 Å². The summed E-state index contributed by atoms with van der Waals surface area (Å²) < 4.78 is 11.3. The molecule has 1 saturated heterocycles. The summed E-state index contributed by atoms with van der Waals surface area (Å²) >= 11 is 0. The first kappa shape index (κ1) is 19.6. The van der Waals surface area contributed by atoms with Crippen LogP contribution < -0.4 is 0 Å². The number of hydrogen-bond donors (Lipinski definition) is 0. The van der Waals surface area contributed by atoms with Gasteiger partial charge in [0.25, 0.3) is 0 Å². The number of epoxide rings is 1. The van der Waals surface area contributed by atoms with Gasteiger partial charge in [-0.25, -0.2) is 0 Å². The Morgan fingerprint density at radius 3 is 2.65 bits per heavy atom. The first-order chi connectivity index (χ1) is 12.0. The maximum Gasteiger partial charge on any atom is 0.303 e. The van der Waals surface area contributed by atoms with Gasteiger partial charge in [-0.2, -0.15) is 0 Å². The fourth-order valence-electron chi connectivity index (χ4n) is 5.26. The number of Topliss-reactive ketones (excluding diaryl/α,β-unsaturated/α-hetero) is 1. The zero-order valence-corrected chi connectivity index (χ0v) is 17.0. The van der Waals surface area contributed by atoms with Gasteiger partial charge in [0.1, 0.15) is 11.4 Å². The minimum atomic E-state index is -0.592. The molecule has 5 atom stereocenters. The van der Waals surface area contributed by atoms with Crippen LogP contribution in [0.25, 0.3) is 0 Å². The Labute approximate surface area is 157 Å². The minimum absolute atomic E-state index is 0.0199. The molecule has 3 rings (SSSR count). The van der Waals surface area contributed by atoms with Crippen molar-refractivity contribution in [3.05, 3.63) is 12.2 Å². The van der Waals surface area contributed by atoms with Crippen molar-refractivity contribution >= 4 is 11.8 Å². The highest BCUT2D eigenvalue weighted by Crippen LogP contribution is 2.60. The molecule has 2 aliphatic carbocycles. The van der Waals surface area contributed by atoms with Crippen molar-refractivity contribution in [1.29, 1.82) is 0 Å². The van der Waals surface area contributed by atoms with Gasteiger partial charge in [-0.15, -0.1) is 0 Å². The van der Waals surface area contributed by atoms with Crippen LogP contribution in [0.2, 0.25) is 0 Å². The number of rotatable bonds is 5. The molecule has 1 heterocycles. The average Bonchev–Trinajstić information content (AvgIpc) is 3.15. The lowest BCUT2D eigenvalue weighted by atomic mass is 9.49. The molecular weight excluding hydrogens is 328 g/mol. The van der Waals surface area contributed by atoms with E-state index in [2.05, 4.69) is 20.4 Å². The van der Waals surface area contributed by atoms with Crippen LogP contribution in [0, 0.1) is 17.3 Å². The zero-order chi connectivity index (χ0) is 19.3. The highest BCUT2D eigenvalue weighted by molar-refractivity contribution is 5.86. The van der Waals surface area contributed by atoms with Gasteiger partial charge in [0.15, 0.2) is 0 Å². The molecule has 4 heteroatoms. The second-order valence-electron chi connectivity index (χ2n) is 9.77. The lowest BCUT2D eigenvalue weighted by molar-refractivity contribution is -0.156. The monoisotopic (exact) mass is 362 g/mol. The Morgan fingerprint density at radius 2 is 2.00 bits per heavy atom. The van der Waals surface area contributed by atoms with E-state index >= 15 is 0 Å². The molecule has 0 radical (unpaired) electrons. The van der Waals surface area contributed by atoms with Crippen molar-refractivity contribution in [3.8, 4) is 0 Å². The molecule has 2 saturated carbocycles. The number of hydrogen-bond acceptors (Lipinski definition) is 4. The lowest BCUT2D eigenvalue weighted by Gasteiger charge is -2.54. The molecule has 0 aromatic carbocycles. The second-order valence-corrected chi connectivity index (χ2v) is 9.77. The number of ether oxygens (including phenoxy) is 2. The lowest BCUT2D eigenvalue weighted by Crippen LogP contribution is -2.52. The molecule has 0 aromatic rings. The van der Waals surface area contributed by atoms with E-state index in [-0.39, 0.29) is 17.0 Å². The first-order valence-corrected chi connectivity index (χ1v) is 10.1. The molecule has 146 valence electrons. The number of ketones is 1. The summed E-state index contributed by atoms with van der Waals surface area (Å²) in [5, 5.41) is 0. The standard InChI is InChI=1S/C22H34O4/c1-14-7-8-19-22(6,26-19)12-9-17-16(14)13-21(17,5)18(24)10-11-20(3,4)25-15(2)23/h16-17,19H,1,7-13H2,2-6H3. The number of fused-ring (bicyclic) bond motifs is 2. The summed E-state index contributed by atoms with van der Waals surface area (Å²) in [7, 11) is 0. The topological polar surface area (TPSA) is 55.9 Å². The summed E-state index contributed by atoms with van der Waals surface area (Å²) in [6, 6.07) is 0. The molecule has 0 N–H and O–H groups in total. The molecule has 0 aromatic heterocycles. The average molecular weight is 363 g/mol. The van der Waals surface area contributed by atoms with Crippen LogP contribution in [-0.2, 0) is 19.1 Å². The Hall–Kier alpha value is -1.16. The molecule has 0 spiro atoms. The third-order valence-electron chi connectivity index (χ3n) is 7.20. The highest BCUT2D eigenvalue weighted by Gasteiger charge is 2.59. The number of carbonyl (C=O) groups excluding carboxylic acids is 2. The number of carbonyl (C=O) groups is 2. The van der Waals surface area contributed by atoms with E-state index in [1.165, 1.54) is 12.5 Å². The van der Waals surface area contributed by atoms with Crippen molar-refractivity contribution in [1.82, 2.24) is 0 Å². The largest absolute Gasteiger partial charge is 0.460 e. The van der Waals surface area contributed by atoms with Gasteiger partial charge in [0.05, 0.1) is 11.7 Å². The van der Waals surface area contributed by atoms with E-state index in [0.717, 1.165) is 32.1 Å². The molecule has 5 unspecified atom stereocenters. The van der Waals surface area contributed by atoms with Crippen LogP contribution in [0.1, 0.15) is 79.6 Å². The van der Waals surface area contributed by atoms with E-state index in [0.29, 0.717) is 36.6 Å². The van der Waals surface area contributed by atoms with Gasteiger partial charge in [-0.3, -0.25) is 9.59 Å². The molecule has 26 heavy (non-hydrogen) atoms. The summed E-state index contributed by atoms with van der Waals surface area (Å²) in [5.74, 6) is 0.868. The Bertz CT molecular complexity index is 622. The quantitative estimate of drug-likeness (QED) is 0.407. The molecule has 4 nitrogen and oxygen atoms in total. The van der Waals surface area contributed by atoms with Crippen LogP contribution in [0.15, 0.2) is 12.2 Å². The number of esters is 1. The van der Waals surface area contributed by atoms with Gasteiger partial charge in [-0.1, -0.05) is 19.1 Å². The van der Waals surface area contributed by atoms with Crippen LogP contribution >= 0.6 is 0 Å². The van der Waals surface area contributed by atoms with E-state index in [9.17, 15) is 9.59 Å². The van der Waals surface area contributed by atoms with Crippen LogP contribution in [0.4, 0.5) is 0 Å². The fraction of sp³-hybridized carbons (Fsp3) is 0.818. The van der Waals surface area contributed by atoms with Gasteiger partial charge in [-0.05, 0) is 71.1 Å². The van der Waals surface area contributed by atoms with Crippen molar-refractivity contribution in [2.45, 2.75) is 96.9 Å². The first-order valence-electron chi connectivity index (χ1n) is 10.1. The summed E-state index contributed by atoms with van der Waals surface area (Å²) in [4.78, 5) is 24.3. The smallest absolute Gasteiger partial charge is 0.303 e.